The number of carbonyl (C=O) groups excluding carboxylic acids is 2. The topological polar surface area (TPSA) is 46.6 Å². The number of hydrogen-bond donors (Lipinski definition) is 0. The summed E-state index contributed by atoms with van der Waals surface area (Å²) in [7, 11) is 1.61. The van der Waals surface area contributed by atoms with E-state index in [1.807, 2.05) is 36.4 Å². The molecule has 138 valence electrons. The van der Waals surface area contributed by atoms with Gasteiger partial charge in [0.1, 0.15) is 5.75 Å². The fourth-order valence-electron chi connectivity index (χ4n) is 4.03. The highest BCUT2D eigenvalue weighted by Gasteiger charge is 2.39. The number of hydrogen-bond acceptors (Lipinski definition) is 3. The number of ether oxygens (including phenoxy) is 1. The maximum Gasteiger partial charge on any atom is 0.232 e. The summed E-state index contributed by atoms with van der Waals surface area (Å²) in [5.74, 6) is 0.638. The number of methoxy groups -OCH3 is 1. The molecule has 4 rings (SSSR count). The number of nitrogens with zero attached hydrogens (tertiary/aromatic N) is 1. The van der Waals surface area contributed by atoms with E-state index in [2.05, 4.69) is 0 Å². The molecule has 0 fully saturated rings. The Morgan fingerprint density at radius 1 is 1.07 bits per heavy atom. The number of benzene rings is 2. The average molecular weight is 382 g/mol. The molecule has 2 aromatic rings. The molecule has 0 radical (unpaired) electrons. The van der Waals surface area contributed by atoms with E-state index in [1.165, 1.54) is 0 Å². The quantitative estimate of drug-likeness (QED) is 0.761. The monoisotopic (exact) mass is 381 g/mol. The first kappa shape index (κ1) is 17.8. The van der Waals surface area contributed by atoms with Crippen molar-refractivity contribution in [2.24, 2.45) is 0 Å². The first-order chi connectivity index (χ1) is 13.1. The van der Waals surface area contributed by atoms with E-state index in [0.717, 1.165) is 41.1 Å². The van der Waals surface area contributed by atoms with Crippen LogP contribution in [0.2, 0.25) is 5.02 Å². The summed E-state index contributed by atoms with van der Waals surface area (Å²) < 4.78 is 5.33. The van der Waals surface area contributed by atoms with Crippen LogP contribution in [-0.4, -0.2) is 18.8 Å². The van der Waals surface area contributed by atoms with E-state index < -0.39 is 0 Å². The minimum absolute atomic E-state index is 0.00130. The Morgan fingerprint density at radius 2 is 1.85 bits per heavy atom. The van der Waals surface area contributed by atoms with Gasteiger partial charge in [-0.05, 0) is 54.8 Å². The molecule has 1 unspecified atom stereocenters. The SMILES string of the molecule is COc1cccc(C2CC(=O)N(c3ccc(Cl)cc3)C3=C2C(=O)CCC3)c1. The van der Waals surface area contributed by atoms with E-state index in [1.54, 1.807) is 24.1 Å². The lowest BCUT2D eigenvalue weighted by molar-refractivity contribution is -0.119. The zero-order chi connectivity index (χ0) is 19.0. The number of allylic oxidation sites excluding steroid dienone is 2. The van der Waals surface area contributed by atoms with Crippen LogP contribution in [0, 0.1) is 0 Å². The molecule has 2 aromatic carbocycles. The predicted octanol–water partition coefficient (Wildman–Crippen LogP) is 4.88. The molecule has 0 saturated carbocycles. The van der Waals surface area contributed by atoms with Crippen molar-refractivity contribution < 1.29 is 14.3 Å². The normalized spacial score (nSPS) is 19.9. The van der Waals surface area contributed by atoms with Gasteiger partial charge in [0.15, 0.2) is 5.78 Å². The van der Waals surface area contributed by atoms with Crippen LogP contribution in [-0.2, 0) is 9.59 Å². The molecular weight excluding hydrogens is 362 g/mol. The van der Waals surface area contributed by atoms with Crippen LogP contribution < -0.4 is 9.64 Å². The Balaban J connectivity index is 1.84. The zero-order valence-electron chi connectivity index (χ0n) is 15.1. The average Bonchev–Trinajstić information content (AvgIpc) is 2.68. The van der Waals surface area contributed by atoms with Crippen LogP contribution in [0.1, 0.15) is 37.2 Å². The largest absolute Gasteiger partial charge is 0.497 e. The molecule has 0 N–H and O–H groups in total. The number of halogens is 1. The maximum absolute atomic E-state index is 13.1. The maximum atomic E-state index is 13.1. The number of anilines is 1. The van der Waals surface area contributed by atoms with Crippen LogP contribution in [0.3, 0.4) is 0 Å². The van der Waals surface area contributed by atoms with Gasteiger partial charge in [-0.2, -0.15) is 0 Å². The molecule has 4 nitrogen and oxygen atoms in total. The molecule has 1 atom stereocenters. The summed E-state index contributed by atoms with van der Waals surface area (Å²) in [6, 6.07) is 14.8. The highest BCUT2D eigenvalue weighted by atomic mass is 35.5. The van der Waals surface area contributed by atoms with Crippen molar-refractivity contribution in [2.75, 3.05) is 12.0 Å². The van der Waals surface area contributed by atoms with Gasteiger partial charge < -0.3 is 4.74 Å². The fraction of sp³-hybridized carbons (Fsp3) is 0.273. The van der Waals surface area contributed by atoms with Gasteiger partial charge in [-0.1, -0.05) is 23.7 Å². The molecule has 1 aliphatic heterocycles. The van der Waals surface area contributed by atoms with Gasteiger partial charge in [0.25, 0.3) is 0 Å². The van der Waals surface area contributed by atoms with E-state index >= 15 is 0 Å². The summed E-state index contributed by atoms with van der Waals surface area (Å²) in [6.45, 7) is 0. The minimum Gasteiger partial charge on any atom is -0.497 e. The lowest BCUT2D eigenvalue weighted by Crippen LogP contribution is -2.40. The van der Waals surface area contributed by atoms with Crippen LogP contribution in [0.25, 0.3) is 0 Å². The van der Waals surface area contributed by atoms with Gasteiger partial charge >= 0.3 is 0 Å². The van der Waals surface area contributed by atoms with E-state index in [0.29, 0.717) is 11.4 Å². The van der Waals surface area contributed by atoms with E-state index in [9.17, 15) is 9.59 Å². The first-order valence-corrected chi connectivity index (χ1v) is 9.45. The van der Waals surface area contributed by atoms with Gasteiger partial charge in [-0.25, -0.2) is 0 Å². The minimum atomic E-state index is -0.223. The number of ketones is 1. The highest BCUT2D eigenvalue weighted by molar-refractivity contribution is 6.30. The van der Waals surface area contributed by atoms with Gasteiger partial charge in [-0.15, -0.1) is 0 Å². The molecule has 0 bridgehead atoms. The number of rotatable bonds is 3. The van der Waals surface area contributed by atoms with Gasteiger partial charge in [0.05, 0.1) is 7.11 Å². The Hall–Kier alpha value is -2.59. The van der Waals surface area contributed by atoms with Crippen LogP contribution in [0.5, 0.6) is 5.75 Å². The second kappa shape index (κ2) is 7.20. The van der Waals surface area contributed by atoms with Gasteiger partial charge in [-0.3, -0.25) is 14.5 Å². The second-order valence-corrected chi connectivity index (χ2v) is 7.31. The van der Waals surface area contributed by atoms with Crippen molar-refractivity contribution in [3.63, 3.8) is 0 Å². The Bertz CT molecular complexity index is 933. The van der Waals surface area contributed by atoms with Crippen molar-refractivity contribution in [1.29, 1.82) is 0 Å². The summed E-state index contributed by atoms with van der Waals surface area (Å²) in [4.78, 5) is 27.7. The second-order valence-electron chi connectivity index (χ2n) is 6.88. The molecule has 1 amide bonds. The zero-order valence-corrected chi connectivity index (χ0v) is 15.8. The van der Waals surface area contributed by atoms with Crippen molar-refractivity contribution in [2.45, 2.75) is 31.6 Å². The number of carbonyl (C=O) groups is 2. The molecule has 0 aromatic heterocycles. The third-order valence-corrected chi connectivity index (χ3v) is 5.51. The molecular formula is C22H20ClNO3. The van der Waals surface area contributed by atoms with Crippen molar-refractivity contribution >= 4 is 29.0 Å². The molecule has 27 heavy (non-hydrogen) atoms. The Morgan fingerprint density at radius 3 is 2.59 bits per heavy atom. The number of amides is 1. The summed E-state index contributed by atoms with van der Waals surface area (Å²) >= 11 is 6.00. The van der Waals surface area contributed by atoms with Crippen molar-refractivity contribution in [3.05, 3.63) is 70.4 Å². The van der Waals surface area contributed by atoms with Crippen molar-refractivity contribution in [1.82, 2.24) is 0 Å². The lowest BCUT2D eigenvalue weighted by atomic mass is 9.77. The van der Waals surface area contributed by atoms with Crippen LogP contribution in [0.4, 0.5) is 5.69 Å². The third kappa shape index (κ3) is 3.26. The smallest absolute Gasteiger partial charge is 0.232 e. The Kier molecular flexibility index (Phi) is 4.75. The third-order valence-electron chi connectivity index (χ3n) is 5.26. The summed E-state index contributed by atoms with van der Waals surface area (Å²) in [5.41, 5.74) is 3.30. The standard InChI is InChI=1S/C22H20ClNO3/c1-27-17-5-2-4-14(12-17)18-13-21(26)24(16-10-8-15(23)9-11-16)19-6-3-7-20(25)22(18)19/h2,4-5,8-12,18H,3,6-7,13H2,1H3. The van der Waals surface area contributed by atoms with Crippen molar-refractivity contribution in [3.8, 4) is 5.75 Å². The van der Waals surface area contributed by atoms with Gasteiger partial charge in [0.2, 0.25) is 5.91 Å². The molecule has 1 aliphatic carbocycles. The molecule has 1 heterocycles. The molecule has 0 saturated heterocycles. The molecule has 5 heteroatoms. The van der Waals surface area contributed by atoms with Crippen LogP contribution in [0.15, 0.2) is 59.8 Å². The van der Waals surface area contributed by atoms with Crippen LogP contribution >= 0.6 is 11.6 Å². The van der Waals surface area contributed by atoms with Gasteiger partial charge in [0, 0.05) is 40.7 Å². The van der Waals surface area contributed by atoms with E-state index in [4.69, 9.17) is 16.3 Å². The summed E-state index contributed by atoms with van der Waals surface area (Å²) in [6.07, 6.45) is 2.28. The summed E-state index contributed by atoms with van der Waals surface area (Å²) in [5, 5.41) is 0.617. The highest BCUT2D eigenvalue weighted by Crippen LogP contribution is 2.43. The van der Waals surface area contributed by atoms with E-state index in [-0.39, 0.29) is 24.0 Å². The first-order valence-electron chi connectivity index (χ1n) is 9.07. The lowest BCUT2D eigenvalue weighted by Gasteiger charge is -2.38. The predicted molar refractivity (Wildman–Crippen MR) is 105 cm³/mol. The molecule has 2 aliphatic rings. The fourth-order valence-corrected chi connectivity index (χ4v) is 4.15. The number of Topliss-reactive ketones (excluding diaryl/α,β-unsaturated/α-hetero) is 1. The Labute approximate surface area is 163 Å². The molecule has 0 spiro atoms.